The van der Waals surface area contributed by atoms with E-state index in [-0.39, 0.29) is 24.4 Å². The van der Waals surface area contributed by atoms with Crippen molar-refractivity contribution in [3.8, 4) is 5.75 Å². The van der Waals surface area contributed by atoms with Gasteiger partial charge in [-0.25, -0.2) is 0 Å². The van der Waals surface area contributed by atoms with Crippen LogP contribution in [-0.2, 0) is 4.79 Å². The summed E-state index contributed by atoms with van der Waals surface area (Å²) in [6, 6.07) is 3.80. The van der Waals surface area contributed by atoms with Gasteiger partial charge in [0.1, 0.15) is 11.8 Å². The Bertz CT molecular complexity index is 476. The zero-order valence-electron chi connectivity index (χ0n) is 9.94. The summed E-state index contributed by atoms with van der Waals surface area (Å²) in [6.07, 6.45) is -4.47. The van der Waals surface area contributed by atoms with E-state index in [1.165, 1.54) is 24.3 Å². The Kier molecular flexibility index (Phi) is 3.55. The number of alkyl halides is 3. The van der Waals surface area contributed by atoms with Crippen molar-refractivity contribution >= 4 is 11.6 Å². The van der Waals surface area contributed by atoms with Crippen molar-refractivity contribution < 1.29 is 23.1 Å². The quantitative estimate of drug-likeness (QED) is 0.818. The smallest absolute Gasteiger partial charge is 0.410 e. The van der Waals surface area contributed by atoms with Crippen molar-refractivity contribution in [1.82, 2.24) is 5.32 Å². The molecule has 4 nitrogen and oxygen atoms in total. The topological polar surface area (TPSA) is 52.6 Å². The molecule has 1 saturated heterocycles. The summed E-state index contributed by atoms with van der Waals surface area (Å²) < 4.78 is 39.1. The van der Waals surface area contributed by atoms with E-state index >= 15 is 0 Å². The van der Waals surface area contributed by atoms with Crippen molar-refractivity contribution in [2.75, 3.05) is 18.0 Å². The molecular weight excluding hydrogens is 261 g/mol. The first-order valence-electron chi connectivity index (χ1n) is 5.77. The lowest BCUT2D eigenvalue weighted by Crippen LogP contribution is -2.50. The van der Waals surface area contributed by atoms with Gasteiger partial charge in [0.25, 0.3) is 0 Å². The fourth-order valence-corrected chi connectivity index (χ4v) is 2.06. The maximum absolute atomic E-state index is 13.0. The minimum absolute atomic E-state index is 0.0117. The molecule has 1 aliphatic rings. The first-order chi connectivity index (χ1) is 8.88. The first-order valence-corrected chi connectivity index (χ1v) is 5.77. The number of carbonyl (C=O) groups is 1. The van der Waals surface area contributed by atoms with Crippen LogP contribution in [0.3, 0.4) is 0 Å². The number of anilines is 1. The molecule has 7 heteroatoms. The zero-order valence-corrected chi connectivity index (χ0v) is 9.94. The van der Waals surface area contributed by atoms with Gasteiger partial charge in [0.15, 0.2) is 0 Å². The summed E-state index contributed by atoms with van der Waals surface area (Å²) in [5.41, 5.74) is 0.249. The highest BCUT2D eigenvalue weighted by molar-refractivity contribution is 5.77. The molecule has 1 heterocycles. The van der Waals surface area contributed by atoms with E-state index in [2.05, 4.69) is 5.32 Å². The molecule has 0 spiro atoms. The molecule has 1 fully saturated rings. The van der Waals surface area contributed by atoms with Crippen LogP contribution in [0.5, 0.6) is 5.75 Å². The lowest BCUT2D eigenvalue weighted by Gasteiger charge is -2.32. The largest absolute Gasteiger partial charge is 0.508 e. The van der Waals surface area contributed by atoms with E-state index in [0.29, 0.717) is 0 Å². The predicted molar refractivity (Wildman–Crippen MR) is 62.9 cm³/mol. The van der Waals surface area contributed by atoms with E-state index in [0.717, 1.165) is 4.90 Å². The Morgan fingerprint density at radius 1 is 1.37 bits per heavy atom. The first kappa shape index (κ1) is 13.5. The SMILES string of the molecule is O=C1CCN(c2cccc(O)c2)C(C(F)(F)F)CN1. The van der Waals surface area contributed by atoms with Gasteiger partial charge in [0.05, 0.1) is 0 Å². The van der Waals surface area contributed by atoms with Crippen molar-refractivity contribution in [3.63, 3.8) is 0 Å². The number of nitrogens with zero attached hydrogens (tertiary/aromatic N) is 1. The van der Waals surface area contributed by atoms with Crippen LogP contribution in [0.25, 0.3) is 0 Å². The van der Waals surface area contributed by atoms with Gasteiger partial charge in [-0.15, -0.1) is 0 Å². The van der Waals surface area contributed by atoms with Crippen LogP contribution < -0.4 is 10.2 Å². The number of hydrogen-bond donors (Lipinski definition) is 2. The van der Waals surface area contributed by atoms with E-state index in [1.54, 1.807) is 0 Å². The minimum Gasteiger partial charge on any atom is -0.508 e. The predicted octanol–water partition coefficient (Wildman–Crippen LogP) is 1.65. The van der Waals surface area contributed by atoms with Crippen molar-refractivity contribution in [2.45, 2.75) is 18.6 Å². The van der Waals surface area contributed by atoms with Gasteiger partial charge < -0.3 is 15.3 Å². The molecule has 1 unspecified atom stereocenters. The van der Waals surface area contributed by atoms with Crippen LogP contribution in [-0.4, -0.2) is 36.3 Å². The molecule has 1 atom stereocenters. The number of aromatic hydroxyl groups is 1. The standard InChI is InChI=1S/C12H13F3N2O2/c13-12(14,15)10-7-16-11(19)4-5-17(10)8-2-1-3-9(18)6-8/h1-3,6,10,18H,4-5,7H2,(H,16,19). The van der Waals surface area contributed by atoms with E-state index < -0.39 is 24.7 Å². The van der Waals surface area contributed by atoms with Crippen LogP contribution in [0.4, 0.5) is 18.9 Å². The number of nitrogens with one attached hydrogen (secondary N) is 1. The maximum atomic E-state index is 13.0. The fourth-order valence-electron chi connectivity index (χ4n) is 2.06. The maximum Gasteiger partial charge on any atom is 0.410 e. The number of benzene rings is 1. The highest BCUT2D eigenvalue weighted by atomic mass is 19.4. The van der Waals surface area contributed by atoms with Gasteiger partial charge in [-0.1, -0.05) is 6.07 Å². The molecule has 1 amide bonds. The molecule has 2 N–H and O–H groups in total. The molecule has 0 aliphatic carbocycles. The van der Waals surface area contributed by atoms with Gasteiger partial charge in [-0.2, -0.15) is 13.2 Å². The highest BCUT2D eigenvalue weighted by Crippen LogP contribution is 2.31. The number of phenols is 1. The van der Waals surface area contributed by atoms with Gasteiger partial charge in [0.2, 0.25) is 5.91 Å². The summed E-state index contributed by atoms with van der Waals surface area (Å²) in [5.74, 6) is -0.515. The molecule has 1 aromatic rings. The number of phenolic OH excluding ortho intramolecular Hbond substituents is 1. The van der Waals surface area contributed by atoms with Gasteiger partial charge >= 0.3 is 6.18 Å². The van der Waals surface area contributed by atoms with E-state index in [9.17, 15) is 23.1 Å². The molecule has 0 aromatic heterocycles. The third-order valence-corrected chi connectivity index (χ3v) is 2.99. The molecule has 0 radical (unpaired) electrons. The summed E-state index contributed by atoms with van der Waals surface area (Å²) in [4.78, 5) is 12.3. The van der Waals surface area contributed by atoms with Crippen LogP contribution >= 0.6 is 0 Å². The molecule has 19 heavy (non-hydrogen) atoms. The number of rotatable bonds is 1. The van der Waals surface area contributed by atoms with E-state index in [4.69, 9.17) is 0 Å². The Morgan fingerprint density at radius 2 is 2.11 bits per heavy atom. The number of halogens is 3. The number of amides is 1. The van der Waals surface area contributed by atoms with Crippen LogP contribution in [0.1, 0.15) is 6.42 Å². The second kappa shape index (κ2) is 4.99. The average molecular weight is 274 g/mol. The van der Waals surface area contributed by atoms with Gasteiger partial charge in [-0.05, 0) is 12.1 Å². The second-order valence-electron chi connectivity index (χ2n) is 4.32. The van der Waals surface area contributed by atoms with Crippen LogP contribution in [0, 0.1) is 0 Å². The Labute approximate surface area is 107 Å². The highest BCUT2D eigenvalue weighted by Gasteiger charge is 2.45. The number of hydrogen-bond acceptors (Lipinski definition) is 3. The minimum atomic E-state index is -4.46. The molecule has 0 bridgehead atoms. The average Bonchev–Trinajstić information content (AvgIpc) is 2.50. The molecule has 1 aliphatic heterocycles. The van der Waals surface area contributed by atoms with Crippen molar-refractivity contribution in [2.24, 2.45) is 0 Å². The zero-order chi connectivity index (χ0) is 14.0. The van der Waals surface area contributed by atoms with E-state index in [1.807, 2.05) is 0 Å². The lowest BCUT2D eigenvalue weighted by atomic mass is 10.2. The monoisotopic (exact) mass is 274 g/mol. The van der Waals surface area contributed by atoms with Gasteiger partial charge in [-0.3, -0.25) is 4.79 Å². The van der Waals surface area contributed by atoms with Crippen LogP contribution in [0.15, 0.2) is 24.3 Å². The second-order valence-corrected chi connectivity index (χ2v) is 4.32. The normalized spacial score (nSPS) is 20.9. The summed E-state index contributed by atoms with van der Waals surface area (Å²) in [6.45, 7) is -0.530. The lowest BCUT2D eigenvalue weighted by molar-refractivity contribution is -0.147. The molecular formula is C12H13F3N2O2. The molecule has 0 saturated carbocycles. The summed E-state index contributed by atoms with van der Waals surface area (Å²) in [5, 5.41) is 11.6. The van der Waals surface area contributed by atoms with Crippen molar-refractivity contribution in [3.05, 3.63) is 24.3 Å². The fraction of sp³-hybridized carbons (Fsp3) is 0.417. The molecule has 1 aromatic carbocycles. The molecule has 2 rings (SSSR count). The third-order valence-electron chi connectivity index (χ3n) is 2.99. The van der Waals surface area contributed by atoms with Crippen LogP contribution in [0.2, 0.25) is 0 Å². The third kappa shape index (κ3) is 3.10. The Balaban J connectivity index is 2.34. The summed E-state index contributed by atoms with van der Waals surface area (Å²) in [7, 11) is 0. The van der Waals surface area contributed by atoms with Crippen molar-refractivity contribution in [1.29, 1.82) is 0 Å². The Morgan fingerprint density at radius 3 is 2.74 bits per heavy atom. The molecule has 104 valence electrons. The van der Waals surface area contributed by atoms with Gasteiger partial charge in [0, 0.05) is 31.3 Å². The number of carbonyl (C=O) groups excluding carboxylic acids is 1. The summed E-state index contributed by atoms with van der Waals surface area (Å²) >= 11 is 0. The Hall–Kier alpha value is -1.92.